The molecule has 3 heteroatoms. The Kier molecular flexibility index (Phi) is 4.40. The van der Waals surface area contributed by atoms with Crippen LogP contribution in [0, 0.1) is 6.92 Å². The van der Waals surface area contributed by atoms with Crippen molar-refractivity contribution in [1.82, 2.24) is 4.98 Å². The summed E-state index contributed by atoms with van der Waals surface area (Å²) in [6.07, 6.45) is 1.82. The van der Waals surface area contributed by atoms with Gasteiger partial charge in [0, 0.05) is 6.20 Å². The van der Waals surface area contributed by atoms with E-state index in [1.165, 1.54) is 5.56 Å². The number of nitrogens with zero attached hydrogens (tertiary/aromatic N) is 1. The Labute approximate surface area is 85.5 Å². The van der Waals surface area contributed by atoms with Gasteiger partial charge in [0.15, 0.2) is 0 Å². The lowest BCUT2D eigenvalue weighted by Gasteiger charge is -2.27. The maximum absolute atomic E-state index is 5.05. The van der Waals surface area contributed by atoms with Gasteiger partial charge >= 0.3 is 0 Å². The van der Waals surface area contributed by atoms with Gasteiger partial charge in [0.05, 0.1) is 19.3 Å². The topological polar surface area (TPSA) is 34.2 Å². The smallest absolute Gasteiger partial charge is 0.126 e. The second-order valence-electron chi connectivity index (χ2n) is 3.10. The maximum Gasteiger partial charge on any atom is 0.126 e. The van der Waals surface area contributed by atoms with Gasteiger partial charge in [-0.15, -0.1) is 0 Å². The van der Waals surface area contributed by atoms with Crippen LogP contribution in [0.15, 0.2) is 18.3 Å². The number of nitrogens with one attached hydrogen (secondary N) is 1. The van der Waals surface area contributed by atoms with Crippen molar-refractivity contribution in [3.05, 3.63) is 23.9 Å². The predicted molar refractivity (Wildman–Crippen MR) is 58.6 cm³/mol. The van der Waals surface area contributed by atoms with Gasteiger partial charge in [-0.25, -0.2) is 4.98 Å². The number of anilines is 1. The Balaban J connectivity index is 0.000000461. The lowest BCUT2D eigenvalue weighted by molar-refractivity contribution is 0.0209. The third-order valence-electron chi connectivity index (χ3n) is 1.91. The highest BCUT2D eigenvalue weighted by Gasteiger charge is 2.17. The predicted octanol–water partition coefficient (Wildman–Crippen LogP) is 2.23. The summed E-state index contributed by atoms with van der Waals surface area (Å²) in [5.41, 5.74) is 1.23. The maximum atomic E-state index is 5.05. The molecule has 1 N–H and O–H groups in total. The van der Waals surface area contributed by atoms with Gasteiger partial charge in [0.25, 0.3) is 0 Å². The van der Waals surface area contributed by atoms with Crippen LogP contribution in [0.2, 0.25) is 0 Å². The Morgan fingerprint density at radius 2 is 2.14 bits per heavy atom. The van der Waals surface area contributed by atoms with Gasteiger partial charge in [0.2, 0.25) is 0 Å². The normalized spacial score (nSPS) is 15.1. The summed E-state index contributed by atoms with van der Waals surface area (Å²) in [5, 5.41) is 3.28. The van der Waals surface area contributed by atoms with Gasteiger partial charge < -0.3 is 10.1 Å². The molecule has 1 fully saturated rings. The van der Waals surface area contributed by atoms with E-state index < -0.39 is 0 Å². The van der Waals surface area contributed by atoms with Crippen LogP contribution in [0.25, 0.3) is 0 Å². The van der Waals surface area contributed by atoms with Crippen molar-refractivity contribution in [2.24, 2.45) is 0 Å². The van der Waals surface area contributed by atoms with E-state index in [2.05, 4.69) is 17.2 Å². The average Bonchev–Trinajstić information content (AvgIpc) is 2.15. The Bertz CT molecular complexity index is 272. The van der Waals surface area contributed by atoms with Gasteiger partial charge in [-0.05, 0) is 24.6 Å². The molecule has 0 atom stereocenters. The molecule has 0 unspecified atom stereocenters. The summed E-state index contributed by atoms with van der Waals surface area (Å²) in [5.74, 6) is 0.948. The monoisotopic (exact) mass is 194 g/mol. The first-order valence-corrected chi connectivity index (χ1v) is 5.11. The standard InChI is InChI=1S/C9H12N2O.C2H6/c1-7-2-3-10-9(4-7)11-8-5-12-6-8;1-2/h2-4,8H,5-6H2,1H3,(H,10,11);1-2H3. The zero-order chi connectivity index (χ0) is 10.4. The number of aromatic nitrogens is 1. The Morgan fingerprint density at radius 1 is 1.43 bits per heavy atom. The molecule has 3 nitrogen and oxygen atoms in total. The minimum absolute atomic E-state index is 0.458. The highest BCUT2D eigenvalue weighted by atomic mass is 16.5. The van der Waals surface area contributed by atoms with E-state index in [0.717, 1.165) is 19.0 Å². The minimum atomic E-state index is 0.458. The molecule has 1 aromatic heterocycles. The molecule has 1 saturated heterocycles. The van der Waals surface area contributed by atoms with E-state index in [4.69, 9.17) is 4.74 Å². The molecule has 2 heterocycles. The van der Waals surface area contributed by atoms with Crippen LogP contribution >= 0.6 is 0 Å². The average molecular weight is 194 g/mol. The quantitative estimate of drug-likeness (QED) is 0.784. The third-order valence-corrected chi connectivity index (χ3v) is 1.91. The summed E-state index contributed by atoms with van der Waals surface area (Å²) in [6.45, 7) is 7.66. The van der Waals surface area contributed by atoms with Crippen LogP contribution in [0.4, 0.5) is 5.82 Å². The van der Waals surface area contributed by atoms with Crippen LogP contribution in [-0.4, -0.2) is 24.2 Å². The SMILES string of the molecule is CC.Cc1ccnc(NC2COC2)c1. The molecule has 0 spiro atoms. The van der Waals surface area contributed by atoms with Crippen molar-refractivity contribution in [1.29, 1.82) is 0 Å². The van der Waals surface area contributed by atoms with E-state index in [9.17, 15) is 0 Å². The third kappa shape index (κ3) is 3.00. The lowest BCUT2D eigenvalue weighted by atomic mass is 10.2. The van der Waals surface area contributed by atoms with E-state index in [-0.39, 0.29) is 0 Å². The molecule has 0 saturated carbocycles. The summed E-state index contributed by atoms with van der Waals surface area (Å²) < 4.78 is 5.05. The number of pyridine rings is 1. The fourth-order valence-corrected chi connectivity index (χ4v) is 1.14. The van der Waals surface area contributed by atoms with Crippen molar-refractivity contribution in [2.45, 2.75) is 26.8 Å². The number of aryl methyl sites for hydroxylation is 1. The van der Waals surface area contributed by atoms with Crippen LogP contribution in [0.1, 0.15) is 19.4 Å². The molecule has 2 rings (SSSR count). The van der Waals surface area contributed by atoms with E-state index in [1.807, 2.05) is 32.2 Å². The first-order chi connectivity index (χ1) is 6.84. The summed E-state index contributed by atoms with van der Waals surface area (Å²) in [4.78, 5) is 4.19. The largest absolute Gasteiger partial charge is 0.377 e. The molecule has 0 radical (unpaired) electrons. The van der Waals surface area contributed by atoms with Crippen LogP contribution < -0.4 is 5.32 Å². The molecular formula is C11H18N2O. The number of ether oxygens (including phenoxy) is 1. The van der Waals surface area contributed by atoms with Crippen molar-refractivity contribution in [3.8, 4) is 0 Å². The van der Waals surface area contributed by atoms with Crippen LogP contribution in [0.3, 0.4) is 0 Å². The van der Waals surface area contributed by atoms with E-state index in [0.29, 0.717) is 6.04 Å². The van der Waals surface area contributed by atoms with Crippen molar-refractivity contribution in [3.63, 3.8) is 0 Å². The minimum Gasteiger partial charge on any atom is -0.377 e. The zero-order valence-corrected chi connectivity index (χ0v) is 9.08. The van der Waals surface area contributed by atoms with Crippen molar-refractivity contribution >= 4 is 5.82 Å². The van der Waals surface area contributed by atoms with Gasteiger partial charge in [-0.3, -0.25) is 0 Å². The highest BCUT2D eigenvalue weighted by Crippen LogP contribution is 2.10. The van der Waals surface area contributed by atoms with Crippen molar-refractivity contribution in [2.75, 3.05) is 18.5 Å². The fourth-order valence-electron chi connectivity index (χ4n) is 1.14. The first kappa shape index (κ1) is 11.0. The molecule has 1 aromatic rings. The van der Waals surface area contributed by atoms with Crippen LogP contribution in [-0.2, 0) is 4.74 Å². The van der Waals surface area contributed by atoms with Gasteiger partial charge in [-0.2, -0.15) is 0 Å². The van der Waals surface area contributed by atoms with E-state index >= 15 is 0 Å². The van der Waals surface area contributed by atoms with E-state index in [1.54, 1.807) is 0 Å². The second kappa shape index (κ2) is 5.60. The molecule has 0 aliphatic carbocycles. The molecular weight excluding hydrogens is 176 g/mol. The van der Waals surface area contributed by atoms with Gasteiger partial charge in [-0.1, -0.05) is 13.8 Å². The molecule has 0 aromatic carbocycles. The Hall–Kier alpha value is -1.09. The first-order valence-electron chi connectivity index (χ1n) is 5.11. The summed E-state index contributed by atoms with van der Waals surface area (Å²) in [6, 6.07) is 4.49. The molecule has 1 aliphatic heterocycles. The molecule has 1 aliphatic rings. The zero-order valence-electron chi connectivity index (χ0n) is 9.08. The lowest BCUT2D eigenvalue weighted by Crippen LogP contribution is -2.40. The van der Waals surface area contributed by atoms with Crippen molar-refractivity contribution < 1.29 is 4.74 Å². The molecule has 14 heavy (non-hydrogen) atoms. The number of hydrogen-bond donors (Lipinski definition) is 1. The summed E-state index contributed by atoms with van der Waals surface area (Å²) in [7, 11) is 0. The Morgan fingerprint density at radius 3 is 2.64 bits per heavy atom. The van der Waals surface area contributed by atoms with Crippen LogP contribution in [0.5, 0.6) is 0 Å². The summed E-state index contributed by atoms with van der Waals surface area (Å²) >= 11 is 0. The second-order valence-corrected chi connectivity index (χ2v) is 3.10. The number of hydrogen-bond acceptors (Lipinski definition) is 3. The fraction of sp³-hybridized carbons (Fsp3) is 0.545. The number of rotatable bonds is 2. The highest BCUT2D eigenvalue weighted by molar-refractivity contribution is 5.38. The molecule has 0 bridgehead atoms. The van der Waals surface area contributed by atoms with Gasteiger partial charge in [0.1, 0.15) is 5.82 Å². The molecule has 78 valence electrons. The molecule has 0 amide bonds.